The summed E-state index contributed by atoms with van der Waals surface area (Å²) in [6.45, 7) is 16.0. The van der Waals surface area contributed by atoms with E-state index in [9.17, 15) is 14.4 Å². The van der Waals surface area contributed by atoms with Crippen molar-refractivity contribution in [1.82, 2.24) is 0 Å². The molecule has 0 saturated heterocycles. The highest BCUT2D eigenvalue weighted by Crippen LogP contribution is 2.32. The first-order valence-corrected chi connectivity index (χ1v) is 13.4. The smallest absolute Gasteiger partial charge is 0.314 e. The van der Waals surface area contributed by atoms with Crippen LogP contribution in [-0.4, -0.2) is 37.4 Å². The van der Waals surface area contributed by atoms with Gasteiger partial charge in [0.15, 0.2) is 5.78 Å². The fourth-order valence-corrected chi connectivity index (χ4v) is 3.23. The molecule has 0 atom stereocenters. The second-order valence-electron chi connectivity index (χ2n) is 11.6. The van der Waals surface area contributed by atoms with E-state index < -0.39 is 10.8 Å². The molecule has 0 amide bonds. The highest BCUT2D eigenvalue weighted by atomic mass is 16.7. The number of benzene rings is 2. The zero-order valence-corrected chi connectivity index (χ0v) is 25.1. The number of carbonyl (C=O) groups excluding carboxylic acids is 3. The van der Waals surface area contributed by atoms with Gasteiger partial charge in [-0.25, -0.2) is 0 Å². The van der Waals surface area contributed by atoms with Crippen molar-refractivity contribution in [3.63, 3.8) is 0 Å². The number of carbonyl (C=O) groups is 3. The van der Waals surface area contributed by atoms with Crippen molar-refractivity contribution < 1.29 is 38.1 Å². The molecule has 2 rings (SSSR count). The number of rotatable bonds is 12. The monoisotopic (exact) mass is 554 g/mol. The van der Waals surface area contributed by atoms with Crippen molar-refractivity contribution in [2.75, 3.05) is 13.6 Å². The Morgan fingerprint density at radius 3 is 1.85 bits per heavy atom. The molecule has 0 aliphatic carbocycles. The molecule has 2 aromatic rings. The van der Waals surface area contributed by atoms with E-state index in [2.05, 4.69) is 0 Å². The minimum absolute atomic E-state index is 0.114. The van der Waals surface area contributed by atoms with E-state index in [1.165, 1.54) is 6.08 Å². The molecular weight excluding hydrogens is 512 g/mol. The average molecular weight is 555 g/mol. The molecule has 40 heavy (non-hydrogen) atoms. The first-order valence-electron chi connectivity index (χ1n) is 13.4. The van der Waals surface area contributed by atoms with E-state index >= 15 is 0 Å². The van der Waals surface area contributed by atoms with Gasteiger partial charge in [0.2, 0.25) is 13.6 Å². The van der Waals surface area contributed by atoms with Gasteiger partial charge in [-0.15, -0.1) is 0 Å². The van der Waals surface area contributed by atoms with Crippen LogP contribution in [0.5, 0.6) is 17.2 Å². The van der Waals surface area contributed by atoms with Gasteiger partial charge in [0.25, 0.3) is 0 Å². The molecule has 0 aromatic heterocycles. The molecule has 0 unspecified atom stereocenters. The van der Waals surface area contributed by atoms with Gasteiger partial charge in [-0.2, -0.15) is 0 Å². The number of allylic oxidation sites excluding steroid dienone is 1. The summed E-state index contributed by atoms with van der Waals surface area (Å²) < 4.78 is 27.6. The topological polar surface area (TPSA) is 97.4 Å². The molecule has 0 radical (unpaired) electrons. The van der Waals surface area contributed by atoms with Crippen LogP contribution in [0.2, 0.25) is 0 Å². The Balaban J connectivity index is 2.14. The Kier molecular flexibility index (Phi) is 11.3. The van der Waals surface area contributed by atoms with Gasteiger partial charge in [-0.1, -0.05) is 6.92 Å². The fraction of sp³-hybridized carbons (Fsp3) is 0.469. The molecule has 0 fully saturated rings. The highest BCUT2D eigenvalue weighted by Gasteiger charge is 2.24. The third-order valence-corrected chi connectivity index (χ3v) is 5.53. The van der Waals surface area contributed by atoms with Gasteiger partial charge in [0, 0.05) is 17.2 Å². The third kappa shape index (κ3) is 10.1. The predicted octanol–water partition coefficient (Wildman–Crippen LogP) is 6.78. The SMILES string of the molecule is CCc1cc(C=CC(=O)c2ccc(OCOC(=O)C(C)(C)C)cc2)c(OC(C)C)cc1OCOC(=O)C(C)(C)C. The van der Waals surface area contributed by atoms with Crippen molar-refractivity contribution >= 4 is 23.8 Å². The molecule has 0 aliphatic rings. The fourth-order valence-electron chi connectivity index (χ4n) is 3.23. The zero-order valence-electron chi connectivity index (χ0n) is 25.1. The maximum atomic E-state index is 12.9. The summed E-state index contributed by atoms with van der Waals surface area (Å²) in [7, 11) is 0. The summed E-state index contributed by atoms with van der Waals surface area (Å²) in [5, 5.41) is 0. The molecule has 0 N–H and O–H groups in total. The Labute approximate surface area is 237 Å². The normalized spacial score (nSPS) is 11.8. The molecule has 218 valence electrons. The van der Waals surface area contributed by atoms with E-state index in [-0.39, 0.29) is 37.4 Å². The average Bonchev–Trinajstić information content (AvgIpc) is 2.86. The Morgan fingerprint density at radius 2 is 1.35 bits per heavy atom. The van der Waals surface area contributed by atoms with Crippen LogP contribution in [0.3, 0.4) is 0 Å². The number of ketones is 1. The largest absolute Gasteiger partial charge is 0.490 e. The Morgan fingerprint density at radius 1 is 0.800 bits per heavy atom. The van der Waals surface area contributed by atoms with Crippen molar-refractivity contribution in [2.24, 2.45) is 10.8 Å². The second-order valence-corrected chi connectivity index (χ2v) is 11.6. The summed E-state index contributed by atoms with van der Waals surface area (Å²) >= 11 is 0. The van der Waals surface area contributed by atoms with Crippen LogP contribution in [0.15, 0.2) is 42.5 Å². The van der Waals surface area contributed by atoms with E-state index in [1.54, 1.807) is 78.0 Å². The summed E-state index contributed by atoms with van der Waals surface area (Å²) in [4.78, 5) is 36.8. The lowest BCUT2D eigenvalue weighted by atomic mass is 9.97. The van der Waals surface area contributed by atoms with Crippen LogP contribution >= 0.6 is 0 Å². The van der Waals surface area contributed by atoms with Gasteiger partial charge < -0.3 is 23.7 Å². The van der Waals surface area contributed by atoms with Crippen LogP contribution in [-0.2, 0) is 25.5 Å². The molecular formula is C32H42O8. The summed E-state index contributed by atoms with van der Waals surface area (Å²) in [6, 6.07) is 10.2. The zero-order chi connectivity index (χ0) is 30.1. The lowest BCUT2D eigenvalue weighted by Gasteiger charge is -2.19. The van der Waals surface area contributed by atoms with Crippen molar-refractivity contribution in [3.05, 3.63) is 59.2 Å². The molecule has 0 bridgehead atoms. The summed E-state index contributed by atoms with van der Waals surface area (Å²) in [5.41, 5.74) is 0.830. The first kappa shape index (κ1) is 32.4. The van der Waals surface area contributed by atoms with Crippen LogP contribution in [0.1, 0.15) is 83.8 Å². The summed E-state index contributed by atoms with van der Waals surface area (Å²) in [5.74, 6) is 0.653. The van der Waals surface area contributed by atoms with Crippen LogP contribution in [0.25, 0.3) is 6.08 Å². The van der Waals surface area contributed by atoms with Crippen LogP contribution < -0.4 is 14.2 Å². The maximum absolute atomic E-state index is 12.9. The number of aryl methyl sites for hydroxylation is 1. The standard InChI is InChI=1S/C32H42O8/c1-10-22-17-24(28(40-21(2)3)18-27(22)37-20-39-30(35)32(7,8)9)13-16-26(33)23-11-14-25(15-12-23)36-19-38-29(34)31(4,5)6/h11-18,21H,10,19-20H2,1-9H3. The van der Waals surface area contributed by atoms with Crippen molar-refractivity contribution in [3.8, 4) is 17.2 Å². The number of hydrogen-bond acceptors (Lipinski definition) is 8. The molecule has 0 saturated carbocycles. The lowest BCUT2D eigenvalue weighted by molar-refractivity contribution is -0.160. The molecule has 8 nitrogen and oxygen atoms in total. The van der Waals surface area contributed by atoms with Crippen molar-refractivity contribution in [1.29, 1.82) is 0 Å². The highest BCUT2D eigenvalue weighted by molar-refractivity contribution is 6.07. The van der Waals surface area contributed by atoms with Crippen molar-refractivity contribution in [2.45, 2.75) is 74.8 Å². The van der Waals surface area contributed by atoms with E-state index in [0.29, 0.717) is 29.2 Å². The van der Waals surface area contributed by atoms with E-state index in [4.69, 9.17) is 23.7 Å². The van der Waals surface area contributed by atoms with Gasteiger partial charge in [0.05, 0.1) is 16.9 Å². The van der Waals surface area contributed by atoms with Gasteiger partial charge in [-0.05, 0) is 110 Å². The van der Waals surface area contributed by atoms with Crippen LogP contribution in [0.4, 0.5) is 0 Å². The molecule has 8 heteroatoms. The molecule has 0 spiro atoms. The number of ether oxygens (including phenoxy) is 5. The molecule has 0 heterocycles. The van der Waals surface area contributed by atoms with Gasteiger partial charge in [0.1, 0.15) is 17.2 Å². The van der Waals surface area contributed by atoms with Crippen LogP contribution in [0, 0.1) is 10.8 Å². The van der Waals surface area contributed by atoms with E-state index in [1.807, 2.05) is 26.8 Å². The number of esters is 2. The third-order valence-electron chi connectivity index (χ3n) is 5.53. The quantitative estimate of drug-likeness (QED) is 0.123. The lowest BCUT2D eigenvalue weighted by Crippen LogP contribution is -2.24. The molecule has 2 aromatic carbocycles. The minimum Gasteiger partial charge on any atom is -0.490 e. The minimum atomic E-state index is -0.627. The second kappa shape index (κ2) is 14.0. The number of hydrogen-bond donors (Lipinski definition) is 0. The van der Waals surface area contributed by atoms with E-state index in [0.717, 1.165) is 11.1 Å². The van der Waals surface area contributed by atoms with Gasteiger partial charge >= 0.3 is 11.9 Å². The first-order chi connectivity index (χ1) is 18.6. The molecule has 0 aliphatic heterocycles. The summed E-state index contributed by atoms with van der Waals surface area (Å²) in [6.07, 6.45) is 3.73. The van der Waals surface area contributed by atoms with Gasteiger partial charge in [-0.3, -0.25) is 14.4 Å². The predicted molar refractivity (Wildman–Crippen MR) is 153 cm³/mol. The Bertz CT molecular complexity index is 1200. The maximum Gasteiger partial charge on any atom is 0.314 e. The Hall–Kier alpha value is -3.81.